The molecule has 0 aromatic heterocycles. The van der Waals surface area contributed by atoms with E-state index >= 15 is 0 Å². The van der Waals surface area contributed by atoms with Crippen molar-refractivity contribution < 1.29 is 14.2 Å². The Labute approximate surface area is 105 Å². The van der Waals surface area contributed by atoms with Crippen LogP contribution in [0.4, 0.5) is 4.39 Å². The lowest BCUT2D eigenvalue weighted by Gasteiger charge is -2.29. The molecule has 0 bridgehead atoms. The Hall–Kier alpha value is -0.740. The van der Waals surface area contributed by atoms with Gasteiger partial charge in [0.15, 0.2) is 0 Å². The third-order valence-corrected chi connectivity index (χ3v) is 3.84. The van der Waals surface area contributed by atoms with E-state index in [1.807, 2.05) is 11.8 Å². The Bertz CT molecular complexity index is 384. The molecule has 94 valence electrons. The summed E-state index contributed by atoms with van der Waals surface area (Å²) in [6.45, 7) is 2.12. The van der Waals surface area contributed by atoms with Crippen LogP contribution >= 0.6 is 11.8 Å². The molecule has 1 heterocycles. The highest BCUT2D eigenvalue weighted by molar-refractivity contribution is 7.99. The van der Waals surface area contributed by atoms with Crippen LogP contribution in [-0.2, 0) is 0 Å². The molecule has 0 fully saturated rings. The largest absolute Gasteiger partial charge is 0.490 e. The molecule has 0 saturated carbocycles. The summed E-state index contributed by atoms with van der Waals surface area (Å²) in [4.78, 5) is 0. The Balaban J connectivity index is 2.04. The molecule has 0 amide bonds. The topological polar surface area (TPSA) is 29.5 Å². The third kappa shape index (κ3) is 3.13. The number of halogens is 1. The summed E-state index contributed by atoms with van der Waals surface area (Å²) in [6, 6.07) is 4.32. The summed E-state index contributed by atoms with van der Waals surface area (Å²) in [5, 5.41) is 9.97. The fourth-order valence-electron chi connectivity index (χ4n) is 2.03. The predicted octanol–water partition coefficient (Wildman–Crippen LogP) is 3.15. The molecule has 0 radical (unpaired) electrons. The van der Waals surface area contributed by atoms with Crippen molar-refractivity contribution in [1.29, 1.82) is 0 Å². The van der Waals surface area contributed by atoms with Crippen LogP contribution in [0.3, 0.4) is 0 Å². The van der Waals surface area contributed by atoms with Gasteiger partial charge in [0.05, 0.1) is 6.10 Å². The van der Waals surface area contributed by atoms with Gasteiger partial charge in [0.1, 0.15) is 17.7 Å². The molecule has 0 spiro atoms. The minimum atomic E-state index is -0.532. The van der Waals surface area contributed by atoms with Crippen LogP contribution in [0.25, 0.3) is 0 Å². The number of benzene rings is 1. The second-order valence-electron chi connectivity index (χ2n) is 4.16. The zero-order valence-corrected chi connectivity index (χ0v) is 10.7. The standard InChI is InChI=1S/C13H17FO2S/c1-2-17-6-5-10-8-12(15)11-4-3-9(14)7-13(11)16-10/h3-4,7,10,12,15H,2,5-6,8H2,1H3. The highest BCUT2D eigenvalue weighted by Crippen LogP contribution is 2.36. The van der Waals surface area contributed by atoms with Gasteiger partial charge in [-0.15, -0.1) is 0 Å². The predicted molar refractivity (Wildman–Crippen MR) is 68.0 cm³/mol. The summed E-state index contributed by atoms with van der Waals surface area (Å²) < 4.78 is 18.8. The summed E-state index contributed by atoms with van der Waals surface area (Å²) in [7, 11) is 0. The molecule has 2 unspecified atom stereocenters. The molecule has 2 nitrogen and oxygen atoms in total. The van der Waals surface area contributed by atoms with Crippen molar-refractivity contribution in [2.75, 3.05) is 11.5 Å². The smallest absolute Gasteiger partial charge is 0.128 e. The number of thioether (sulfide) groups is 1. The summed E-state index contributed by atoms with van der Waals surface area (Å²) in [6.07, 6.45) is 0.961. The Morgan fingerprint density at radius 2 is 2.35 bits per heavy atom. The van der Waals surface area contributed by atoms with Crippen molar-refractivity contribution in [2.45, 2.75) is 32.0 Å². The first-order chi connectivity index (χ1) is 8.20. The lowest BCUT2D eigenvalue weighted by molar-refractivity contribution is 0.0645. The summed E-state index contributed by atoms with van der Waals surface area (Å²) in [5.74, 6) is 2.27. The summed E-state index contributed by atoms with van der Waals surface area (Å²) in [5.41, 5.74) is 0.700. The molecule has 0 aliphatic carbocycles. The minimum absolute atomic E-state index is 0.00153. The van der Waals surface area contributed by atoms with Crippen LogP contribution in [-0.4, -0.2) is 22.7 Å². The zero-order valence-electron chi connectivity index (χ0n) is 9.86. The van der Waals surface area contributed by atoms with E-state index in [-0.39, 0.29) is 11.9 Å². The maximum Gasteiger partial charge on any atom is 0.128 e. The minimum Gasteiger partial charge on any atom is -0.490 e. The number of aliphatic hydroxyl groups excluding tert-OH is 1. The first-order valence-electron chi connectivity index (χ1n) is 5.92. The van der Waals surface area contributed by atoms with Crippen molar-refractivity contribution in [2.24, 2.45) is 0 Å². The molecule has 17 heavy (non-hydrogen) atoms. The van der Waals surface area contributed by atoms with E-state index in [9.17, 15) is 9.50 Å². The average molecular weight is 256 g/mol. The van der Waals surface area contributed by atoms with Crippen molar-refractivity contribution in [3.8, 4) is 5.75 Å². The quantitative estimate of drug-likeness (QED) is 0.839. The van der Waals surface area contributed by atoms with E-state index in [0.717, 1.165) is 17.9 Å². The van der Waals surface area contributed by atoms with Gasteiger partial charge in [-0.05, 0) is 30.1 Å². The molecule has 2 atom stereocenters. The van der Waals surface area contributed by atoms with Crippen LogP contribution < -0.4 is 4.74 Å². The van der Waals surface area contributed by atoms with Crippen molar-refractivity contribution in [1.82, 2.24) is 0 Å². The third-order valence-electron chi connectivity index (χ3n) is 2.90. The van der Waals surface area contributed by atoms with Gasteiger partial charge in [-0.3, -0.25) is 0 Å². The average Bonchev–Trinajstić information content (AvgIpc) is 2.28. The number of rotatable bonds is 4. The van der Waals surface area contributed by atoms with E-state index < -0.39 is 6.10 Å². The van der Waals surface area contributed by atoms with E-state index in [2.05, 4.69) is 6.92 Å². The Morgan fingerprint density at radius 1 is 1.53 bits per heavy atom. The van der Waals surface area contributed by atoms with Crippen molar-refractivity contribution in [3.05, 3.63) is 29.6 Å². The van der Waals surface area contributed by atoms with Crippen LogP contribution in [0, 0.1) is 5.82 Å². The molecule has 2 rings (SSSR count). The normalized spacial score (nSPS) is 23.0. The highest BCUT2D eigenvalue weighted by Gasteiger charge is 2.26. The maximum atomic E-state index is 13.1. The van der Waals surface area contributed by atoms with Crippen molar-refractivity contribution >= 4 is 11.8 Å². The molecule has 1 aliphatic heterocycles. The first kappa shape index (κ1) is 12.7. The van der Waals surface area contributed by atoms with E-state index in [1.54, 1.807) is 6.07 Å². The molecular weight excluding hydrogens is 239 g/mol. The fourth-order valence-corrected chi connectivity index (χ4v) is 2.74. The molecule has 0 saturated heterocycles. The molecule has 1 aromatic carbocycles. The van der Waals surface area contributed by atoms with E-state index in [0.29, 0.717) is 17.7 Å². The summed E-state index contributed by atoms with van der Waals surface area (Å²) >= 11 is 1.85. The molecular formula is C13H17FO2S. The van der Waals surface area contributed by atoms with Crippen LogP contribution in [0.5, 0.6) is 5.75 Å². The lowest BCUT2D eigenvalue weighted by atomic mass is 9.98. The Morgan fingerprint density at radius 3 is 3.12 bits per heavy atom. The van der Waals surface area contributed by atoms with Gasteiger partial charge in [0.2, 0.25) is 0 Å². The van der Waals surface area contributed by atoms with Gasteiger partial charge in [-0.1, -0.05) is 6.92 Å². The second-order valence-corrected chi connectivity index (χ2v) is 5.55. The highest BCUT2D eigenvalue weighted by atomic mass is 32.2. The SMILES string of the molecule is CCSCCC1CC(O)c2ccc(F)cc2O1. The van der Waals surface area contributed by atoms with E-state index in [1.165, 1.54) is 12.1 Å². The second kappa shape index (κ2) is 5.74. The van der Waals surface area contributed by atoms with Crippen molar-refractivity contribution in [3.63, 3.8) is 0 Å². The fraction of sp³-hybridized carbons (Fsp3) is 0.538. The monoisotopic (exact) mass is 256 g/mol. The maximum absolute atomic E-state index is 13.1. The molecule has 1 N–H and O–H groups in total. The van der Waals surface area contributed by atoms with Gasteiger partial charge in [0.25, 0.3) is 0 Å². The number of fused-ring (bicyclic) bond motifs is 1. The number of ether oxygens (including phenoxy) is 1. The van der Waals surface area contributed by atoms with Gasteiger partial charge in [-0.2, -0.15) is 11.8 Å². The van der Waals surface area contributed by atoms with Crippen LogP contribution in [0.15, 0.2) is 18.2 Å². The van der Waals surface area contributed by atoms with Gasteiger partial charge >= 0.3 is 0 Å². The molecule has 1 aromatic rings. The zero-order chi connectivity index (χ0) is 12.3. The molecule has 1 aliphatic rings. The van der Waals surface area contributed by atoms with Gasteiger partial charge in [0, 0.05) is 18.1 Å². The number of aliphatic hydroxyl groups is 1. The van der Waals surface area contributed by atoms with Crippen LogP contribution in [0.1, 0.15) is 31.4 Å². The molecule has 4 heteroatoms. The lowest BCUT2D eigenvalue weighted by Crippen LogP contribution is -2.26. The van der Waals surface area contributed by atoms with E-state index in [4.69, 9.17) is 4.74 Å². The number of hydrogen-bond donors (Lipinski definition) is 1. The van der Waals surface area contributed by atoms with Gasteiger partial charge < -0.3 is 9.84 Å². The van der Waals surface area contributed by atoms with Crippen LogP contribution in [0.2, 0.25) is 0 Å². The van der Waals surface area contributed by atoms with Gasteiger partial charge in [-0.25, -0.2) is 4.39 Å². The first-order valence-corrected chi connectivity index (χ1v) is 7.08. The number of hydrogen-bond acceptors (Lipinski definition) is 3. The Kier molecular flexibility index (Phi) is 4.29.